The van der Waals surface area contributed by atoms with Crippen LogP contribution in [0.25, 0.3) is 0 Å². The zero-order chi connectivity index (χ0) is 17.0. The van der Waals surface area contributed by atoms with E-state index < -0.39 is 5.97 Å². The van der Waals surface area contributed by atoms with E-state index in [1.165, 1.54) is 0 Å². The molecule has 2 aromatic rings. The van der Waals surface area contributed by atoms with Crippen molar-refractivity contribution in [2.24, 2.45) is 0 Å². The Bertz CT molecular complexity index is 715. The van der Waals surface area contributed by atoms with Crippen molar-refractivity contribution in [2.75, 3.05) is 6.61 Å². The van der Waals surface area contributed by atoms with Gasteiger partial charge in [0.15, 0.2) is 6.61 Å². The summed E-state index contributed by atoms with van der Waals surface area (Å²) < 4.78 is 6.31. The van der Waals surface area contributed by atoms with E-state index >= 15 is 0 Å². The summed E-state index contributed by atoms with van der Waals surface area (Å²) in [7, 11) is 0. The number of carboxylic acids is 1. The fraction of sp³-hybridized carbons (Fsp3) is 0.267. The minimum atomic E-state index is -1.01. The van der Waals surface area contributed by atoms with Crippen molar-refractivity contribution in [1.82, 2.24) is 10.3 Å². The Morgan fingerprint density at radius 2 is 2.04 bits per heavy atom. The average Bonchev–Trinajstić information content (AvgIpc) is 2.89. The first-order chi connectivity index (χ1) is 10.9. The SMILES string of the molecule is Cc1nc(C(C)NC(=O)COc2ccc(Br)cc2)sc1C(=O)O. The molecular weight excluding hydrogens is 384 g/mol. The fourth-order valence-electron chi connectivity index (χ4n) is 1.83. The summed E-state index contributed by atoms with van der Waals surface area (Å²) in [6, 6.07) is 6.77. The van der Waals surface area contributed by atoms with Gasteiger partial charge < -0.3 is 15.2 Å². The van der Waals surface area contributed by atoms with Gasteiger partial charge in [0, 0.05) is 4.47 Å². The van der Waals surface area contributed by atoms with Crippen molar-refractivity contribution in [1.29, 1.82) is 0 Å². The Balaban J connectivity index is 1.90. The van der Waals surface area contributed by atoms with Gasteiger partial charge in [0.1, 0.15) is 15.6 Å². The first-order valence-corrected chi connectivity index (χ1v) is 8.36. The predicted molar refractivity (Wildman–Crippen MR) is 90.0 cm³/mol. The van der Waals surface area contributed by atoms with Crippen molar-refractivity contribution < 1.29 is 19.4 Å². The van der Waals surface area contributed by atoms with Crippen LogP contribution < -0.4 is 10.1 Å². The second kappa shape index (κ2) is 7.56. The first kappa shape index (κ1) is 17.4. The van der Waals surface area contributed by atoms with Crippen LogP contribution in [0.5, 0.6) is 5.75 Å². The molecule has 122 valence electrons. The lowest BCUT2D eigenvalue weighted by atomic mass is 10.3. The van der Waals surface area contributed by atoms with Gasteiger partial charge >= 0.3 is 5.97 Å². The summed E-state index contributed by atoms with van der Waals surface area (Å²) in [6.07, 6.45) is 0. The third-order valence-electron chi connectivity index (χ3n) is 2.94. The molecule has 0 aliphatic rings. The van der Waals surface area contributed by atoms with Gasteiger partial charge in [-0.3, -0.25) is 4.79 Å². The molecule has 2 rings (SSSR count). The van der Waals surface area contributed by atoms with Gasteiger partial charge in [-0.2, -0.15) is 0 Å². The van der Waals surface area contributed by atoms with Crippen molar-refractivity contribution in [3.63, 3.8) is 0 Å². The molecule has 0 fully saturated rings. The van der Waals surface area contributed by atoms with Crippen LogP contribution >= 0.6 is 27.3 Å². The number of thiazole rings is 1. The second-order valence-electron chi connectivity index (χ2n) is 4.80. The minimum Gasteiger partial charge on any atom is -0.484 e. The molecule has 0 bridgehead atoms. The van der Waals surface area contributed by atoms with Crippen LogP contribution in [0.2, 0.25) is 0 Å². The smallest absolute Gasteiger partial charge is 0.347 e. The molecule has 1 amide bonds. The summed E-state index contributed by atoms with van der Waals surface area (Å²) in [6.45, 7) is 3.26. The third-order valence-corrected chi connectivity index (χ3v) is 4.80. The molecule has 6 nitrogen and oxygen atoms in total. The van der Waals surface area contributed by atoms with Gasteiger partial charge in [-0.1, -0.05) is 15.9 Å². The number of nitrogens with zero attached hydrogens (tertiary/aromatic N) is 1. The number of carbonyl (C=O) groups excluding carboxylic acids is 1. The lowest BCUT2D eigenvalue weighted by Crippen LogP contribution is -2.31. The summed E-state index contributed by atoms with van der Waals surface area (Å²) in [5, 5.41) is 12.3. The largest absolute Gasteiger partial charge is 0.484 e. The fourth-order valence-corrected chi connectivity index (χ4v) is 3.00. The number of aromatic carboxylic acids is 1. The number of aromatic nitrogens is 1. The van der Waals surface area contributed by atoms with Gasteiger partial charge in [-0.15, -0.1) is 11.3 Å². The van der Waals surface area contributed by atoms with Gasteiger partial charge in [0.05, 0.1) is 11.7 Å². The van der Waals surface area contributed by atoms with Gasteiger partial charge in [-0.25, -0.2) is 9.78 Å². The minimum absolute atomic E-state index is 0.123. The molecule has 1 heterocycles. The molecule has 1 unspecified atom stereocenters. The zero-order valence-corrected chi connectivity index (χ0v) is 14.9. The molecule has 23 heavy (non-hydrogen) atoms. The van der Waals surface area contributed by atoms with E-state index in [-0.39, 0.29) is 23.4 Å². The monoisotopic (exact) mass is 398 g/mol. The van der Waals surface area contributed by atoms with E-state index in [0.717, 1.165) is 15.8 Å². The molecule has 0 aliphatic heterocycles. The molecule has 8 heteroatoms. The third kappa shape index (κ3) is 4.77. The van der Waals surface area contributed by atoms with E-state index in [4.69, 9.17) is 9.84 Å². The lowest BCUT2D eigenvalue weighted by molar-refractivity contribution is -0.123. The normalized spacial score (nSPS) is 11.8. The summed E-state index contributed by atoms with van der Waals surface area (Å²) in [4.78, 5) is 27.3. The number of carboxylic acid groups (broad SMARTS) is 1. The number of hydrogen-bond acceptors (Lipinski definition) is 5. The average molecular weight is 399 g/mol. The second-order valence-corrected chi connectivity index (χ2v) is 6.75. The predicted octanol–water partition coefficient (Wildman–Crippen LogP) is 3.17. The van der Waals surface area contributed by atoms with Crippen LogP contribution in [0.4, 0.5) is 0 Å². The number of carbonyl (C=O) groups is 2. The number of ether oxygens (including phenoxy) is 1. The maximum atomic E-state index is 11.9. The Labute approximate surface area is 145 Å². The molecular formula is C15H15BrN2O4S. The Hall–Kier alpha value is -1.93. The number of rotatable bonds is 6. The number of benzene rings is 1. The van der Waals surface area contributed by atoms with E-state index in [1.54, 1.807) is 26.0 Å². The summed E-state index contributed by atoms with van der Waals surface area (Å²) >= 11 is 4.38. The highest BCUT2D eigenvalue weighted by molar-refractivity contribution is 9.10. The molecule has 1 aromatic heterocycles. The molecule has 0 radical (unpaired) electrons. The number of halogens is 1. The molecule has 2 N–H and O–H groups in total. The summed E-state index contributed by atoms with van der Waals surface area (Å²) in [5.41, 5.74) is 0.449. The number of nitrogens with one attached hydrogen (secondary N) is 1. The summed E-state index contributed by atoms with van der Waals surface area (Å²) in [5.74, 6) is -0.720. The van der Waals surface area contributed by atoms with Crippen molar-refractivity contribution in [2.45, 2.75) is 19.9 Å². The van der Waals surface area contributed by atoms with Crippen molar-refractivity contribution in [3.05, 3.63) is 44.3 Å². The molecule has 1 atom stereocenters. The number of aryl methyl sites for hydroxylation is 1. The van der Waals surface area contributed by atoms with Gasteiger partial charge in [-0.05, 0) is 38.1 Å². The standard InChI is InChI=1S/C15H15BrN2O4S/c1-8-13(15(20)21)23-14(18-8)9(2)17-12(19)7-22-11-5-3-10(16)4-6-11/h3-6,9H,7H2,1-2H3,(H,17,19)(H,20,21). The molecule has 0 aliphatic carbocycles. The van der Waals surface area contributed by atoms with E-state index in [9.17, 15) is 9.59 Å². The Kier molecular flexibility index (Phi) is 5.73. The van der Waals surface area contributed by atoms with Crippen molar-refractivity contribution >= 4 is 39.1 Å². The quantitative estimate of drug-likeness (QED) is 0.779. The molecule has 1 aromatic carbocycles. The maximum Gasteiger partial charge on any atom is 0.347 e. The highest BCUT2D eigenvalue weighted by Gasteiger charge is 2.19. The maximum absolute atomic E-state index is 11.9. The van der Waals surface area contributed by atoms with Crippen LogP contribution in [0, 0.1) is 6.92 Å². The molecule has 0 saturated carbocycles. The van der Waals surface area contributed by atoms with Crippen LogP contribution in [-0.4, -0.2) is 28.6 Å². The lowest BCUT2D eigenvalue weighted by Gasteiger charge is -2.12. The highest BCUT2D eigenvalue weighted by Crippen LogP contribution is 2.23. The van der Waals surface area contributed by atoms with Crippen LogP contribution in [0.1, 0.15) is 33.3 Å². The van der Waals surface area contributed by atoms with E-state index in [2.05, 4.69) is 26.2 Å². The van der Waals surface area contributed by atoms with Gasteiger partial charge in [0.2, 0.25) is 0 Å². The van der Waals surface area contributed by atoms with E-state index in [1.807, 2.05) is 12.1 Å². The van der Waals surface area contributed by atoms with Crippen LogP contribution in [-0.2, 0) is 4.79 Å². The molecule has 0 saturated heterocycles. The molecule has 0 spiro atoms. The zero-order valence-electron chi connectivity index (χ0n) is 12.5. The highest BCUT2D eigenvalue weighted by atomic mass is 79.9. The van der Waals surface area contributed by atoms with Crippen LogP contribution in [0.15, 0.2) is 28.7 Å². The van der Waals surface area contributed by atoms with Crippen LogP contribution in [0.3, 0.4) is 0 Å². The van der Waals surface area contributed by atoms with Gasteiger partial charge in [0.25, 0.3) is 5.91 Å². The topological polar surface area (TPSA) is 88.5 Å². The first-order valence-electron chi connectivity index (χ1n) is 6.75. The van der Waals surface area contributed by atoms with Crippen molar-refractivity contribution in [3.8, 4) is 5.75 Å². The van der Waals surface area contributed by atoms with E-state index in [0.29, 0.717) is 16.5 Å². The Morgan fingerprint density at radius 3 is 2.61 bits per heavy atom. The number of amides is 1. The number of hydrogen-bond donors (Lipinski definition) is 2. The Morgan fingerprint density at radius 1 is 1.39 bits per heavy atom.